The number of Topliss-reactive ketones (excluding diaryl/α,β-unsaturated/α-hetero) is 1. The third-order valence-electron chi connectivity index (χ3n) is 2.12. The molecule has 0 saturated heterocycles. The van der Waals surface area contributed by atoms with Crippen LogP contribution >= 0.6 is 11.3 Å². The number of thiophene rings is 1. The number of rotatable bonds is 6. The zero-order valence-electron chi connectivity index (χ0n) is 9.30. The largest absolute Gasteiger partial charge is 0.480 e. The molecule has 2 N–H and O–H groups in total. The maximum absolute atomic E-state index is 11.5. The Morgan fingerprint density at radius 3 is 2.65 bits per heavy atom. The summed E-state index contributed by atoms with van der Waals surface area (Å²) in [5, 5.41) is 12.7. The molecule has 0 radical (unpaired) electrons. The van der Waals surface area contributed by atoms with Gasteiger partial charge in [0.05, 0.1) is 4.88 Å². The van der Waals surface area contributed by atoms with E-state index in [2.05, 4.69) is 5.32 Å². The van der Waals surface area contributed by atoms with Crippen LogP contribution in [0.1, 0.15) is 29.4 Å². The first-order valence-corrected chi connectivity index (χ1v) is 5.97. The highest BCUT2D eigenvalue weighted by Crippen LogP contribution is 2.12. The maximum atomic E-state index is 11.5. The summed E-state index contributed by atoms with van der Waals surface area (Å²) < 4.78 is 0. The molecule has 1 aromatic heterocycles. The number of ketones is 1. The van der Waals surface area contributed by atoms with Gasteiger partial charge in [0.15, 0.2) is 5.78 Å². The molecule has 0 spiro atoms. The molecule has 0 aliphatic rings. The molecule has 1 aromatic rings. The summed E-state index contributed by atoms with van der Waals surface area (Å²) in [5.41, 5.74) is 0. The van der Waals surface area contributed by atoms with Crippen LogP contribution in [-0.2, 0) is 9.59 Å². The zero-order chi connectivity index (χ0) is 12.8. The molecule has 0 aromatic carbocycles. The minimum Gasteiger partial charge on any atom is -0.480 e. The van der Waals surface area contributed by atoms with Crippen LogP contribution in [0.25, 0.3) is 0 Å². The van der Waals surface area contributed by atoms with Crippen molar-refractivity contribution in [3.05, 3.63) is 22.4 Å². The Labute approximate surface area is 102 Å². The van der Waals surface area contributed by atoms with Gasteiger partial charge in [0, 0.05) is 12.8 Å². The number of carboxylic acid groups (broad SMARTS) is 1. The number of nitrogens with one attached hydrogen (secondary N) is 1. The van der Waals surface area contributed by atoms with E-state index in [9.17, 15) is 14.4 Å². The number of hydrogen-bond acceptors (Lipinski definition) is 4. The van der Waals surface area contributed by atoms with Gasteiger partial charge in [0.25, 0.3) is 0 Å². The van der Waals surface area contributed by atoms with Crippen LogP contribution in [0, 0.1) is 0 Å². The number of carboxylic acids is 1. The summed E-state index contributed by atoms with van der Waals surface area (Å²) in [6, 6.07) is 2.54. The predicted molar refractivity (Wildman–Crippen MR) is 63.1 cm³/mol. The first kappa shape index (κ1) is 13.4. The molecule has 17 heavy (non-hydrogen) atoms. The SMILES string of the molecule is C[C@H](NC(=O)CCC(=O)c1cccs1)C(=O)O. The third-order valence-corrected chi connectivity index (χ3v) is 3.03. The van der Waals surface area contributed by atoms with E-state index < -0.39 is 17.9 Å². The van der Waals surface area contributed by atoms with Crippen molar-refractivity contribution in [3.63, 3.8) is 0 Å². The van der Waals surface area contributed by atoms with Gasteiger partial charge in [0.1, 0.15) is 6.04 Å². The molecule has 92 valence electrons. The lowest BCUT2D eigenvalue weighted by Crippen LogP contribution is -2.38. The van der Waals surface area contributed by atoms with Gasteiger partial charge in [-0.25, -0.2) is 0 Å². The molecule has 0 aliphatic carbocycles. The Hall–Kier alpha value is -1.69. The Bertz CT molecular complexity index is 413. The molecular formula is C11H13NO4S. The van der Waals surface area contributed by atoms with E-state index in [0.717, 1.165) is 0 Å². The van der Waals surface area contributed by atoms with Gasteiger partial charge in [-0.1, -0.05) is 6.07 Å². The first-order valence-electron chi connectivity index (χ1n) is 5.09. The van der Waals surface area contributed by atoms with E-state index in [1.807, 2.05) is 0 Å². The topological polar surface area (TPSA) is 83.5 Å². The monoisotopic (exact) mass is 255 g/mol. The van der Waals surface area contributed by atoms with Crippen LogP contribution in [0.4, 0.5) is 0 Å². The van der Waals surface area contributed by atoms with Gasteiger partial charge in [0.2, 0.25) is 5.91 Å². The zero-order valence-corrected chi connectivity index (χ0v) is 10.1. The fourth-order valence-electron chi connectivity index (χ4n) is 1.16. The molecule has 0 aliphatic heterocycles. The molecule has 1 atom stereocenters. The van der Waals surface area contributed by atoms with Crippen LogP contribution in [-0.4, -0.2) is 28.8 Å². The van der Waals surface area contributed by atoms with Crippen LogP contribution < -0.4 is 5.32 Å². The van der Waals surface area contributed by atoms with E-state index in [1.165, 1.54) is 18.3 Å². The second-order valence-electron chi connectivity index (χ2n) is 3.53. The number of aliphatic carboxylic acids is 1. The molecule has 0 fully saturated rings. The van der Waals surface area contributed by atoms with Crippen molar-refractivity contribution in [1.29, 1.82) is 0 Å². The van der Waals surface area contributed by atoms with Crippen molar-refractivity contribution in [2.45, 2.75) is 25.8 Å². The highest BCUT2D eigenvalue weighted by molar-refractivity contribution is 7.12. The highest BCUT2D eigenvalue weighted by Gasteiger charge is 2.15. The quantitative estimate of drug-likeness (QED) is 0.750. The number of carbonyl (C=O) groups is 3. The van der Waals surface area contributed by atoms with Crippen molar-refractivity contribution in [2.75, 3.05) is 0 Å². The second-order valence-corrected chi connectivity index (χ2v) is 4.48. The van der Waals surface area contributed by atoms with Gasteiger partial charge in [-0.05, 0) is 18.4 Å². The third kappa shape index (κ3) is 4.36. The van der Waals surface area contributed by atoms with Crippen molar-refractivity contribution >= 4 is 29.0 Å². The standard InChI is InChI=1S/C11H13NO4S/c1-7(11(15)16)12-10(14)5-4-8(13)9-3-2-6-17-9/h2-3,6-7H,4-5H2,1H3,(H,12,14)(H,15,16)/t7-/m0/s1. The second kappa shape index (κ2) is 6.15. The van der Waals surface area contributed by atoms with Gasteiger partial charge in [-0.2, -0.15) is 0 Å². The van der Waals surface area contributed by atoms with Gasteiger partial charge in [-0.15, -0.1) is 11.3 Å². The van der Waals surface area contributed by atoms with Crippen molar-refractivity contribution in [1.82, 2.24) is 5.32 Å². The molecule has 1 amide bonds. The smallest absolute Gasteiger partial charge is 0.325 e. The lowest BCUT2D eigenvalue weighted by Gasteiger charge is -2.08. The summed E-state index contributed by atoms with van der Waals surface area (Å²) >= 11 is 1.33. The Kier molecular flexibility index (Phi) is 4.84. The molecule has 1 heterocycles. The molecule has 0 unspecified atom stereocenters. The highest BCUT2D eigenvalue weighted by atomic mass is 32.1. The lowest BCUT2D eigenvalue weighted by molar-refractivity contribution is -0.141. The minimum atomic E-state index is -1.09. The van der Waals surface area contributed by atoms with Crippen LogP contribution in [0.2, 0.25) is 0 Å². The van der Waals surface area contributed by atoms with Crippen LogP contribution in [0.15, 0.2) is 17.5 Å². The summed E-state index contributed by atoms with van der Waals surface area (Å²) in [6.07, 6.45) is 0.104. The Morgan fingerprint density at radius 2 is 2.12 bits per heavy atom. The molecule has 0 saturated carbocycles. The van der Waals surface area contributed by atoms with Crippen molar-refractivity contribution in [3.8, 4) is 0 Å². The Morgan fingerprint density at radius 1 is 1.41 bits per heavy atom. The molecule has 6 heteroatoms. The van der Waals surface area contributed by atoms with E-state index in [4.69, 9.17) is 5.11 Å². The average molecular weight is 255 g/mol. The fourth-order valence-corrected chi connectivity index (χ4v) is 1.86. The first-order chi connectivity index (χ1) is 8.00. The van der Waals surface area contributed by atoms with Crippen LogP contribution in [0.5, 0.6) is 0 Å². The van der Waals surface area contributed by atoms with Crippen molar-refractivity contribution in [2.24, 2.45) is 0 Å². The lowest BCUT2D eigenvalue weighted by atomic mass is 10.2. The molecule has 5 nitrogen and oxygen atoms in total. The van der Waals surface area contributed by atoms with E-state index >= 15 is 0 Å². The van der Waals surface area contributed by atoms with E-state index in [0.29, 0.717) is 4.88 Å². The average Bonchev–Trinajstić information content (AvgIpc) is 2.79. The fraction of sp³-hybridized carbons (Fsp3) is 0.364. The maximum Gasteiger partial charge on any atom is 0.325 e. The van der Waals surface area contributed by atoms with Gasteiger partial charge < -0.3 is 10.4 Å². The van der Waals surface area contributed by atoms with Crippen LogP contribution in [0.3, 0.4) is 0 Å². The van der Waals surface area contributed by atoms with E-state index in [1.54, 1.807) is 17.5 Å². The van der Waals surface area contributed by atoms with Gasteiger partial charge >= 0.3 is 5.97 Å². The summed E-state index contributed by atoms with van der Waals surface area (Å²) in [5.74, 6) is -1.62. The summed E-state index contributed by atoms with van der Waals surface area (Å²) in [6.45, 7) is 1.38. The molecule has 0 bridgehead atoms. The Balaban J connectivity index is 2.34. The minimum absolute atomic E-state index is 0.00829. The number of carbonyl (C=O) groups excluding carboxylic acids is 2. The normalized spacial score (nSPS) is 11.8. The molecular weight excluding hydrogens is 242 g/mol. The van der Waals surface area contributed by atoms with E-state index in [-0.39, 0.29) is 18.6 Å². The summed E-state index contributed by atoms with van der Waals surface area (Å²) in [7, 11) is 0. The van der Waals surface area contributed by atoms with Crippen molar-refractivity contribution < 1.29 is 19.5 Å². The predicted octanol–water partition coefficient (Wildman–Crippen LogP) is 1.30. The number of amides is 1. The van der Waals surface area contributed by atoms with Gasteiger partial charge in [-0.3, -0.25) is 14.4 Å². The number of hydrogen-bond donors (Lipinski definition) is 2. The summed E-state index contributed by atoms with van der Waals surface area (Å²) in [4.78, 5) is 33.9. The molecule has 1 rings (SSSR count).